The first-order valence-corrected chi connectivity index (χ1v) is 9.50. The predicted octanol–water partition coefficient (Wildman–Crippen LogP) is 4.84. The molecule has 0 fully saturated rings. The van der Waals surface area contributed by atoms with Gasteiger partial charge in [-0.05, 0) is 48.4 Å². The van der Waals surface area contributed by atoms with Crippen LogP contribution in [0, 0.1) is 0 Å². The van der Waals surface area contributed by atoms with Crippen LogP contribution in [0.4, 0.5) is 5.69 Å². The van der Waals surface area contributed by atoms with Gasteiger partial charge in [-0.15, -0.1) is 0 Å². The monoisotopic (exact) mass is 353 g/mol. The molecule has 3 rings (SSSR count). The van der Waals surface area contributed by atoms with Crippen LogP contribution in [0.15, 0.2) is 83.8 Å². The van der Waals surface area contributed by atoms with E-state index in [2.05, 4.69) is 4.72 Å². The summed E-state index contributed by atoms with van der Waals surface area (Å²) in [6, 6.07) is 23.1. The molecule has 0 heterocycles. The maximum absolute atomic E-state index is 12.6. The third-order valence-electron chi connectivity index (χ3n) is 3.74. The lowest BCUT2D eigenvalue weighted by Crippen LogP contribution is -2.13. The Balaban J connectivity index is 1.86. The highest BCUT2D eigenvalue weighted by Gasteiger charge is 2.16. The van der Waals surface area contributed by atoms with Gasteiger partial charge in [-0.1, -0.05) is 49.4 Å². The number of hydrogen-bond acceptors (Lipinski definition) is 3. The van der Waals surface area contributed by atoms with Crippen LogP contribution in [0.5, 0.6) is 11.5 Å². The van der Waals surface area contributed by atoms with Crippen LogP contribution in [0.3, 0.4) is 0 Å². The van der Waals surface area contributed by atoms with Gasteiger partial charge in [-0.3, -0.25) is 4.72 Å². The molecule has 0 amide bonds. The summed E-state index contributed by atoms with van der Waals surface area (Å²) >= 11 is 0. The summed E-state index contributed by atoms with van der Waals surface area (Å²) in [7, 11) is -3.68. The van der Waals surface area contributed by atoms with Crippen molar-refractivity contribution in [2.75, 3.05) is 4.72 Å². The molecular formula is C20H19NO3S. The van der Waals surface area contributed by atoms with Crippen LogP contribution in [-0.4, -0.2) is 8.42 Å². The van der Waals surface area contributed by atoms with Gasteiger partial charge < -0.3 is 4.74 Å². The zero-order valence-electron chi connectivity index (χ0n) is 13.8. The highest BCUT2D eigenvalue weighted by Crippen LogP contribution is 2.30. The van der Waals surface area contributed by atoms with Gasteiger partial charge in [-0.25, -0.2) is 8.42 Å². The van der Waals surface area contributed by atoms with E-state index >= 15 is 0 Å². The standard InChI is InChI=1S/C20H19NO3S/c1-2-16-12-14-18(15-13-16)25(22,23)21-19-10-6-7-11-20(19)24-17-8-4-3-5-9-17/h3-15,21H,2H2,1H3. The van der Waals surface area contributed by atoms with E-state index in [4.69, 9.17) is 4.74 Å². The zero-order chi connectivity index (χ0) is 17.7. The largest absolute Gasteiger partial charge is 0.455 e. The predicted molar refractivity (Wildman–Crippen MR) is 99.6 cm³/mol. The molecule has 0 aliphatic rings. The average Bonchev–Trinajstić information content (AvgIpc) is 2.64. The molecule has 0 unspecified atom stereocenters. The van der Waals surface area contributed by atoms with E-state index in [1.54, 1.807) is 36.4 Å². The fourth-order valence-corrected chi connectivity index (χ4v) is 3.43. The Morgan fingerprint density at radius 1 is 0.840 bits per heavy atom. The first-order chi connectivity index (χ1) is 12.1. The second-order valence-corrected chi connectivity index (χ2v) is 7.20. The smallest absolute Gasteiger partial charge is 0.262 e. The van der Waals surface area contributed by atoms with Gasteiger partial charge >= 0.3 is 0 Å². The molecule has 0 spiro atoms. The fraction of sp³-hybridized carbons (Fsp3) is 0.100. The molecular weight excluding hydrogens is 334 g/mol. The lowest BCUT2D eigenvalue weighted by molar-refractivity contribution is 0.485. The van der Waals surface area contributed by atoms with Gasteiger partial charge in [-0.2, -0.15) is 0 Å². The van der Waals surface area contributed by atoms with Gasteiger partial charge in [0.25, 0.3) is 10.0 Å². The van der Waals surface area contributed by atoms with Crippen molar-refractivity contribution in [2.45, 2.75) is 18.2 Å². The molecule has 0 aromatic heterocycles. The molecule has 128 valence electrons. The van der Waals surface area contributed by atoms with Gasteiger partial charge in [0.2, 0.25) is 0 Å². The average molecular weight is 353 g/mol. The van der Waals surface area contributed by atoms with Crippen molar-refractivity contribution < 1.29 is 13.2 Å². The minimum atomic E-state index is -3.68. The summed E-state index contributed by atoms with van der Waals surface area (Å²) in [5, 5.41) is 0. The molecule has 4 nitrogen and oxygen atoms in total. The Morgan fingerprint density at radius 3 is 2.16 bits per heavy atom. The topological polar surface area (TPSA) is 55.4 Å². The maximum Gasteiger partial charge on any atom is 0.262 e. The summed E-state index contributed by atoms with van der Waals surface area (Å²) < 4.78 is 33.7. The van der Waals surface area contributed by atoms with E-state index in [0.717, 1.165) is 12.0 Å². The number of para-hydroxylation sites is 3. The zero-order valence-corrected chi connectivity index (χ0v) is 14.7. The Morgan fingerprint density at radius 2 is 1.48 bits per heavy atom. The van der Waals surface area contributed by atoms with Crippen molar-refractivity contribution >= 4 is 15.7 Å². The second kappa shape index (κ2) is 7.40. The molecule has 1 N–H and O–H groups in total. The number of rotatable bonds is 6. The van der Waals surface area contributed by atoms with Crippen LogP contribution >= 0.6 is 0 Å². The molecule has 0 aliphatic heterocycles. The van der Waals surface area contributed by atoms with E-state index < -0.39 is 10.0 Å². The van der Waals surface area contributed by atoms with Crippen molar-refractivity contribution in [1.29, 1.82) is 0 Å². The van der Waals surface area contributed by atoms with E-state index in [9.17, 15) is 8.42 Å². The number of aryl methyl sites for hydroxylation is 1. The highest BCUT2D eigenvalue weighted by atomic mass is 32.2. The summed E-state index contributed by atoms with van der Waals surface area (Å²) in [5.74, 6) is 1.09. The summed E-state index contributed by atoms with van der Waals surface area (Å²) in [4.78, 5) is 0.221. The number of hydrogen-bond donors (Lipinski definition) is 1. The van der Waals surface area contributed by atoms with Gasteiger partial charge in [0.15, 0.2) is 5.75 Å². The Hall–Kier alpha value is -2.79. The third-order valence-corrected chi connectivity index (χ3v) is 5.13. The Bertz CT molecular complexity index is 936. The second-order valence-electron chi connectivity index (χ2n) is 5.51. The molecule has 0 saturated heterocycles. The van der Waals surface area contributed by atoms with Crippen LogP contribution in [-0.2, 0) is 16.4 Å². The minimum Gasteiger partial charge on any atom is -0.455 e. The van der Waals surface area contributed by atoms with Crippen molar-refractivity contribution in [1.82, 2.24) is 0 Å². The number of anilines is 1. The van der Waals surface area contributed by atoms with Gasteiger partial charge in [0.1, 0.15) is 5.75 Å². The maximum atomic E-state index is 12.6. The van der Waals surface area contributed by atoms with Crippen LogP contribution in [0.2, 0.25) is 0 Å². The van der Waals surface area contributed by atoms with Crippen molar-refractivity contribution in [3.63, 3.8) is 0 Å². The van der Waals surface area contributed by atoms with Crippen LogP contribution < -0.4 is 9.46 Å². The van der Waals surface area contributed by atoms with Crippen molar-refractivity contribution in [2.24, 2.45) is 0 Å². The van der Waals surface area contributed by atoms with Crippen molar-refractivity contribution in [3.8, 4) is 11.5 Å². The molecule has 5 heteroatoms. The van der Waals surface area contributed by atoms with Gasteiger partial charge in [0.05, 0.1) is 10.6 Å². The summed E-state index contributed by atoms with van der Waals surface area (Å²) in [6.45, 7) is 2.03. The van der Waals surface area contributed by atoms with Crippen LogP contribution in [0.1, 0.15) is 12.5 Å². The highest BCUT2D eigenvalue weighted by molar-refractivity contribution is 7.92. The quantitative estimate of drug-likeness (QED) is 0.690. The number of benzene rings is 3. The lowest BCUT2D eigenvalue weighted by atomic mass is 10.2. The van der Waals surface area contributed by atoms with Crippen LogP contribution in [0.25, 0.3) is 0 Å². The SMILES string of the molecule is CCc1ccc(S(=O)(=O)Nc2ccccc2Oc2ccccc2)cc1. The number of ether oxygens (including phenoxy) is 1. The Kier molecular flexibility index (Phi) is 5.05. The minimum absolute atomic E-state index is 0.221. The molecule has 0 aliphatic carbocycles. The molecule has 3 aromatic carbocycles. The fourth-order valence-electron chi connectivity index (χ4n) is 2.36. The molecule has 25 heavy (non-hydrogen) atoms. The van der Waals surface area contributed by atoms with E-state index in [1.807, 2.05) is 49.4 Å². The number of nitrogens with one attached hydrogen (secondary N) is 1. The molecule has 0 atom stereocenters. The first-order valence-electron chi connectivity index (χ1n) is 8.02. The van der Waals surface area contributed by atoms with Gasteiger partial charge in [0, 0.05) is 0 Å². The normalized spacial score (nSPS) is 11.1. The summed E-state index contributed by atoms with van der Waals surface area (Å²) in [5.41, 5.74) is 1.48. The molecule has 0 bridgehead atoms. The van der Waals surface area contributed by atoms with E-state index in [0.29, 0.717) is 17.2 Å². The van der Waals surface area contributed by atoms with Crippen molar-refractivity contribution in [3.05, 3.63) is 84.4 Å². The third kappa shape index (κ3) is 4.19. The lowest BCUT2D eigenvalue weighted by Gasteiger charge is -2.13. The van der Waals surface area contributed by atoms with E-state index in [-0.39, 0.29) is 4.90 Å². The first kappa shape index (κ1) is 17.0. The van der Waals surface area contributed by atoms with E-state index in [1.165, 1.54) is 0 Å². The molecule has 0 radical (unpaired) electrons. The molecule has 3 aromatic rings. The number of sulfonamides is 1. The molecule has 0 saturated carbocycles. The Labute approximate surface area is 148 Å². The summed E-state index contributed by atoms with van der Waals surface area (Å²) in [6.07, 6.45) is 0.863.